The normalized spacial score (nSPS) is 22.0. The third-order valence-electron chi connectivity index (χ3n) is 6.69. The van der Waals surface area contributed by atoms with Crippen molar-refractivity contribution in [1.82, 2.24) is 9.88 Å². The van der Waals surface area contributed by atoms with Crippen LogP contribution in [0.4, 0.5) is 14.9 Å². The lowest BCUT2D eigenvalue weighted by Crippen LogP contribution is -2.54. The molecule has 0 radical (unpaired) electrons. The van der Waals surface area contributed by atoms with Gasteiger partial charge in [-0.05, 0) is 99.8 Å². The van der Waals surface area contributed by atoms with Crippen LogP contribution in [0.5, 0.6) is 0 Å². The standard InChI is InChI=1S/C29H33FN4O3/c1-5-19-10-12-32-25(14-19)26(35)29-16-20(17-31)24(33-23-8-6-22(30)7-9-23)15-21(29)11-13-34(18-29)27(36)37-28(2,3)4/h6-10,12,14-15,17H,5,11,13,16,18,31H2,1-4H3. The number of ether oxygens (including phenoxy) is 1. The van der Waals surface area contributed by atoms with Crippen LogP contribution in [-0.2, 0) is 11.2 Å². The number of carbonyl (C=O) groups is 2. The highest BCUT2D eigenvalue weighted by Crippen LogP contribution is 2.47. The number of hydrogen-bond acceptors (Lipinski definition) is 6. The Morgan fingerprint density at radius 3 is 2.62 bits per heavy atom. The molecule has 0 saturated carbocycles. The summed E-state index contributed by atoms with van der Waals surface area (Å²) in [5.41, 5.74) is 8.42. The van der Waals surface area contributed by atoms with E-state index >= 15 is 0 Å². The minimum atomic E-state index is -1.05. The van der Waals surface area contributed by atoms with Crippen molar-refractivity contribution < 1.29 is 18.7 Å². The number of likely N-dealkylation sites (tertiary alicyclic amines) is 1. The fourth-order valence-corrected chi connectivity index (χ4v) is 4.80. The van der Waals surface area contributed by atoms with Gasteiger partial charge in [-0.1, -0.05) is 12.5 Å². The third-order valence-corrected chi connectivity index (χ3v) is 6.69. The van der Waals surface area contributed by atoms with Crippen molar-refractivity contribution in [2.24, 2.45) is 16.1 Å². The first kappa shape index (κ1) is 26.3. The third kappa shape index (κ3) is 5.63. The van der Waals surface area contributed by atoms with E-state index in [4.69, 9.17) is 10.5 Å². The smallest absolute Gasteiger partial charge is 0.410 e. The number of nitrogens with zero attached hydrogens (tertiary/aromatic N) is 3. The van der Waals surface area contributed by atoms with Gasteiger partial charge in [0.25, 0.3) is 0 Å². The Bertz CT molecular complexity index is 1290. The number of ketones is 1. The second-order valence-corrected chi connectivity index (χ2v) is 10.5. The molecule has 1 saturated heterocycles. The van der Waals surface area contributed by atoms with Gasteiger partial charge in [-0.3, -0.25) is 9.78 Å². The Morgan fingerprint density at radius 2 is 1.97 bits per heavy atom. The average molecular weight is 505 g/mol. The molecule has 1 unspecified atom stereocenters. The van der Waals surface area contributed by atoms with Crippen molar-refractivity contribution in [3.05, 3.63) is 83.1 Å². The molecule has 37 heavy (non-hydrogen) atoms. The van der Waals surface area contributed by atoms with Gasteiger partial charge in [0.2, 0.25) is 0 Å². The fraction of sp³-hybridized carbons (Fsp3) is 0.379. The number of piperidine rings is 1. The Hall–Kier alpha value is -3.81. The Balaban J connectivity index is 1.80. The van der Waals surface area contributed by atoms with Gasteiger partial charge in [0.1, 0.15) is 17.1 Å². The zero-order valence-electron chi connectivity index (χ0n) is 21.8. The van der Waals surface area contributed by atoms with Crippen molar-refractivity contribution in [3.8, 4) is 0 Å². The molecule has 2 heterocycles. The number of nitrogens with two attached hydrogens (primary N) is 1. The summed E-state index contributed by atoms with van der Waals surface area (Å²) in [5, 5.41) is 0. The van der Waals surface area contributed by atoms with E-state index in [2.05, 4.69) is 9.98 Å². The van der Waals surface area contributed by atoms with Gasteiger partial charge in [0, 0.05) is 19.3 Å². The lowest BCUT2D eigenvalue weighted by Gasteiger charge is -2.46. The van der Waals surface area contributed by atoms with Gasteiger partial charge in [-0.25, -0.2) is 14.2 Å². The van der Waals surface area contributed by atoms with E-state index in [0.29, 0.717) is 35.6 Å². The molecule has 194 valence electrons. The van der Waals surface area contributed by atoms with Crippen molar-refractivity contribution in [2.75, 3.05) is 13.1 Å². The molecule has 7 nitrogen and oxygen atoms in total. The van der Waals surface area contributed by atoms with E-state index in [1.54, 1.807) is 23.2 Å². The largest absolute Gasteiger partial charge is 0.444 e. The summed E-state index contributed by atoms with van der Waals surface area (Å²) in [6, 6.07) is 9.58. The minimum Gasteiger partial charge on any atom is -0.444 e. The summed E-state index contributed by atoms with van der Waals surface area (Å²) in [6.45, 7) is 8.02. The summed E-state index contributed by atoms with van der Waals surface area (Å²) in [7, 11) is 0. The number of amides is 1. The first-order valence-electron chi connectivity index (χ1n) is 12.5. The molecule has 2 aliphatic rings. The van der Waals surface area contributed by atoms with E-state index in [-0.39, 0.29) is 24.6 Å². The SMILES string of the molecule is CCc1ccnc(C(=O)C23CC(=CN)C(=Nc4ccc(F)cc4)C=C2CCN(C(=O)OC(C)(C)C)C3)c1. The van der Waals surface area contributed by atoms with Crippen LogP contribution in [-0.4, -0.2) is 46.2 Å². The number of halogens is 1. The van der Waals surface area contributed by atoms with Gasteiger partial charge in [-0.2, -0.15) is 0 Å². The van der Waals surface area contributed by atoms with Gasteiger partial charge in [0.05, 0.1) is 16.8 Å². The number of pyridine rings is 1. The van der Waals surface area contributed by atoms with E-state index in [1.807, 2.05) is 45.9 Å². The quantitative estimate of drug-likeness (QED) is 0.552. The molecule has 2 aromatic rings. The molecule has 0 spiro atoms. The number of aliphatic imine (C=N–C) groups is 1. The molecule has 1 amide bonds. The minimum absolute atomic E-state index is 0.145. The second-order valence-electron chi connectivity index (χ2n) is 10.5. The van der Waals surface area contributed by atoms with Crippen molar-refractivity contribution in [3.63, 3.8) is 0 Å². The summed E-state index contributed by atoms with van der Waals surface area (Å²) in [5.74, 6) is -0.510. The highest BCUT2D eigenvalue weighted by Gasteiger charge is 2.50. The van der Waals surface area contributed by atoms with E-state index in [0.717, 1.165) is 17.6 Å². The molecule has 4 rings (SSSR count). The van der Waals surface area contributed by atoms with Gasteiger partial charge < -0.3 is 15.4 Å². The molecule has 8 heteroatoms. The van der Waals surface area contributed by atoms with E-state index < -0.39 is 17.1 Å². The van der Waals surface area contributed by atoms with Crippen LogP contribution in [0.15, 0.2) is 71.0 Å². The van der Waals surface area contributed by atoms with Gasteiger partial charge in [-0.15, -0.1) is 0 Å². The molecule has 1 aromatic carbocycles. The Morgan fingerprint density at radius 1 is 1.24 bits per heavy atom. The maximum Gasteiger partial charge on any atom is 0.410 e. The molecule has 1 aliphatic heterocycles. The van der Waals surface area contributed by atoms with Crippen molar-refractivity contribution in [2.45, 2.75) is 52.6 Å². The molecule has 1 atom stereocenters. The zero-order chi connectivity index (χ0) is 26.8. The lowest BCUT2D eigenvalue weighted by atomic mass is 9.64. The summed E-state index contributed by atoms with van der Waals surface area (Å²) >= 11 is 0. The van der Waals surface area contributed by atoms with Crippen LogP contribution in [0.2, 0.25) is 0 Å². The first-order chi connectivity index (χ1) is 17.5. The van der Waals surface area contributed by atoms with Gasteiger partial charge >= 0.3 is 6.09 Å². The average Bonchev–Trinajstić information content (AvgIpc) is 2.87. The van der Waals surface area contributed by atoms with E-state index in [1.165, 1.54) is 18.3 Å². The fourth-order valence-electron chi connectivity index (χ4n) is 4.80. The predicted molar refractivity (Wildman–Crippen MR) is 141 cm³/mol. The number of aryl methyl sites for hydroxylation is 1. The van der Waals surface area contributed by atoms with Crippen LogP contribution in [0, 0.1) is 11.2 Å². The second kappa shape index (κ2) is 10.3. The summed E-state index contributed by atoms with van der Waals surface area (Å²) in [4.78, 5) is 37.9. The Labute approximate surface area is 216 Å². The molecule has 1 aliphatic carbocycles. The maximum atomic E-state index is 14.2. The number of allylic oxidation sites excluding steroid dienone is 2. The van der Waals surface area contributed by atoms with Crippen LogP contribution in [0.25, 0.3) is 0 Å². The number of rotatable bonds is 4. The van der Waals surface area contributed by atoms with Gasteiger partial charge in [0.15, 0.2) is 5.78 Å². The van der Waals surface area contributed by atoms with E-state index in [9.17, 15) is 14.0 Å². The van der Waals surface area contributed by atoms with Crippen LogP contribution >= 0.6 is 0 Å². The van der Waals surface area contributed by atoms with Crippen LogP contribution < -0.4 is 5.73 Å². The number of benzene rings is 1. The molecule has 0 bridgehead atoms. The lowest BCUT2D eigenvalue weighted by molar-refractivity contribution is 0.0138. The molecular weight excluding hydrogens is 471 g/mol. The van der Waals surface area contributed by atoms with Crippen LogP contribution in [0.3, 0.4) is 0 Å². The number of Topliss-reactive ketones (excluding diaryl/α,β-unsaturated/α-hetero) is 1. The number of carbonyl (C=O) groups excluding carboxylic acids is 2. The van der Waals surface area contributed by atoms with Crippen LogP contribution in [0.1, 0.15) is 56.6 Å². The van der Waals surface area contributed by atoms with Crippen molar-refractivity contribution >= 4 is 23.3 Å². The molecular formula is C29H33FN4O3. The number of hydrogen-bond donors (Lipinski definition) is 1. The topological polar surface area (TPSA) is 97.9 Å². The number of fused-ring (bicyclic) bond motifs is 1. The highest BCUT2D eigenvalue weighted by atomic mass is 19.1. The summed E-state index contributed by atoms with van der Waals surface area (Å²) < 4.78 is 19.0. The monoisotopic (exact) mass is 504 g/mol. The summed E-state index contributed by atoms with van der Waals surface area (Å²) in [6.07, 6.45) is 6.02. The number of aromatic nitrogens is 1. The first-order valence-corrected chi connectivity index (χ1v) is 12.5. The highest BCUT2D eigenvalue weighted by molar-refractivity contribution is 6.14. The Kier molecular flexibility index (Phi) is 7.30. The predicted octanol–water partition coefficient (Wildman–Crippen LogP) is 5.54. The molecule has 1 fully saturated rings. The van der Waals surface area contributed by atoms with Crippen molar-refractivity contribution in [1.29, 1.82) is 0 Å². The molecule has 2 N–H and O–H groups in total. The zero-order valence-corrected chi connectivity index (χ0v) is 21.8. The maximum absolute atomic E-state index is 14.2. The molecule has 1 aromatic heterocycles.